The number of fused-ring (bicyclic) bond motifs is 1. The molecular formula is C36H46N4O6. The number of phenolic OH excluding ortho intramolecular Hbond substituents is 1. The number of ether oxygens (including phenoxy) is 1. The number of aromatic nitrogens is 1. The van der Waals surface area contributed by atoms with E-state index in [-0.39, 0.29) is 30.4 Å². The molecule has 1 aliphatic rings. The van der Waals surface area contributed by atoms with Gasteiger partial charge in [0.15, 0.2) is 0 Å². The summed E-state index contributed by atoms with van der Waals surface area (Å²) < 4.78 is 5.94. The number of esters is 1. The van der Waals surface area contributed by atoms with E-state index in [9.17, 15) is 24.3 Å². The maximum absolute atomic E-state index is 14.2. The minimum Gasteiger partial charge on any atom is -0.508 e. The van der Waals surface area contributed by atoms with Crippen molar-refractivity contribution in [3.63, 3.8) is 0 Å². The Morgan fingerprint density at radius 3 is 2.33 bits per heavy atom. The lowest BCUT2D eigenvalue weighted by Gasteiger charge is -2.32. The van der Waals surface area contributed by atoms with Gasteiger partial charge in [-0.25, -0.2) is 0 Å². The Morgan fingerprint density at radius 1 is 0.935 bits per heavy atom. The van der Waals surface area contributed by atoms with Gasteiger partial charge in [0, 0.05) is 42.4 Å². The molecule has 0 aliphatic carbocycles. The topological polar surface area (TPSA) is 141 Å². The van der Waals surface area contributed by atoms with Crippen LogP contribution in [0.15, 0.2) is 66.4 Å². The minimum absolute atomic E-state index is 0.0489. The van der Waals surface area contributed by atoms with E-state index >= 15 is 0 Å². The number of hydrogen-bond acceptors (Lipinski definition) is 6. The van der Waals surface area contributed by atoms with Crippen LogP contribution in [0.2, 0.25) is 0 Å². The number of H-pyrrole nitrogens is 1. The zero-order valence-corrected chi connectivity index (χ0v) is 27.5. The summed E-state index contributed by atoms with van der Waals surface area (Å²) in [4.78, 5) is 59.1. The van der Waals surface area contributed by atoms with Crippen LogP contribution in [0.3, 0.4) is 0 Å². The van der Waals surface area contributed by atoms with Crippen molar-refractivity contribution in [3.05, 3.63) is 77.5 Å². The number of carbonyl (C=O) groups excluding carboxylic acids is 4. The molecule has 3 amide bonds. The van der Waals surface area contributed by atoms with Gasteiger partial charge in [-0.3, -0.25) is 19.2 Å². The first kappa shape index (κ1) is 34.3. The number of aromatic amines is 1. The van der Waals surface area contributed by atoms with E-state index in [1.54, 1.807) is 26.1 Å². The van der Waals surface area contributed by atoms with Crippen LogP contribution in [-0.2, 0) is 30.3 Å². The average Bonchev–Trinajstić information content (AvgIpc) is 3.43. The SMILES string of the molecule is CC[C@H]1OC(=O)C[C@H](c2ccc(O)cc2)NC(=O)[C@@H](Cc2c[nH]c3ccccc23)N(C)C(=O)[C@H](C)NC(=O)[C@@H](C)C/C(C)=C\[C@@H]1C. The molecule has 6 atom stereocenters. The maximum atomic E-state index is 14.2. The van der Waals surface area contributed by atoms with E-state index in [0.717, 1.165) is 22.0 Å². The molecule has 2 heterocycles. The normalized spacial score (nSPS) is 27.2. The molecule has 4 rings (SSSR count). The van der Waals surface area contributed by atoms with E-state index in [0.29, 0.717) is 18.4 Å². The Hall–Kier alpha value is -4.60. The lowest BCUT2D eigenvalue weighted by Crippen LogP contribution is -2.55. The summed E-state index contributed by atoms with van der Waals surface area (Å²) in [6, 6.07) is 11.3. The number of cyclic esters (lactones) is 1. The highest BCUT2D eigenvalue weighted by Gasteiger charge is 2.34. The number of carbonyl (C=O) groups is 4. The number of hydrogen-bond donors (Lipinski definition) is 4. The molecule has 2 aromatic carbocycles. The first-order valence-electron chi connectivity index (χ1n) is 16.0. The molecule has 10 heteroatoms. The van der Waals surface area contributed by atoms with E-state index in [1.807, 2.05) is 64.2 Å². The van der Waals surface area contributed by atoms with Gasteiger partial charge in [0.2, 0.25) is 17.7 Å². The summed E-state index contributed by atoms with van der Waals surface area (Å²) in [7, 11) is 1.55. The number of nitrogens with zero attached hydrogens (tertiary/aromatic N) is 1. The van der Waals surface area contributed by atoms with Gasteiger partial charge in [-0.1, -0.05) is 62.8 Å². The molecule has 0 bridgehead atoms. The largest absolute Gasteiger partial charge is 0.508 e. The average molecular weight is 631 g/mol. The quantitative estimate of drug-likeness (QED) is 0.238. The van der Waals surface area contributed by atoms with Crippen molar-refractivity contribution >= 4 is 34.6 Å². The molecule has 0 fully saturated rings. The van der Waals surface area contributed by atoms with Crippen molar-refractivity contribution < 1.29 is 29.0 Å². The Balaban J connectivity index is 1.74. The van der Waals surface area contributed by atoms with Gasteiger partial charge in [-0.2, -0.15) is 0 Å². The van der Waals surface area contributed by atoms with Crippen LogP contribution in [0, 0.1) is 11.8 Å². The van der Waals surface area contributed by atoms with Gasteiger partial charge in [-0.05, 0) is 56.0 Å². The summed E-state index contributed by atoms with van der Waals surface area (Å²) >= 11 is 0. The van der Waals surface area contributed by atoms with Gasteiger partial charge < -0.3 is 30.4 Å². The van der Waals surface area contributed by atoms with Crippen LogP contribution in [0.5, 0.6) is 5.75 Å². The lowest BCUT2D eigenvalue weighted by molar-refractivity contribution is -0.152. The van der Waals surface area contributed by atoms with Crippen LogP contribution < -0.4 is 10.6 Å². The fraction of sp³-hybridized carbons (Fsp3) is 0.444. The molecule has 10 nitrogen and oxygen atoms in total. The smallest absolute Gasteiger partial charge is 0.308 e. The van der Waals surface area contributed by atoms with Crippen LogP contribution >= 0.6 is 0 Å². The Bertz CT molecular complexity index is 1580. The van der Waals surface area contributed by atoms with E-state index in [1.165, 1.54) is 17.0 Å². The molecule has 3 aromatic rings. The monoisotopic (exact) mass is 630 g/mol. The third-order valence-corrected chi connectivity index (χ3v) is 8.81. The highest BCUT2D eigenvalue weighted by Crippen LogP contribution is 2.26. The number of benzene rings is 2. The number of allylic oxidation sites excluding steroid dienone is 1. The highest BCUT2D eigenvalue weighted by atomic mass is 16.5. The summed E-state index contributed by atoms with van der Waals surface area (Å²) in [5.74, 6) is -2.11. The standard InChI is InChI=1S/C36H46N4O6/c1-7-32-22(3)16-21(2)17-23(4)34(43)38-24(5)36(45)40(6)31(18-26-20-37-29-11-9-8-10-28(26)29)35(44)39-30(19-33(42)46-32)25-12-14-27(41)15-13-25/h8-16,20,22-24,30-32,37,41H,7,17-19H2,1-6H3,(H,38,43)(H,39,44)/b21-16-/t22-,23-,24-,30+,31+,32+/m0/s1. The van der Waals surface area contributed by atoms with Gasteiger partial charge in [0.25, 0.3) is 0 Å². The fourth-order valence-electron chi connectivity index (χ4n) is 6.16. The van der Waals surface area contributed by atoms with Crippen molar-refractivity contribution in [1.82, 2.24) is 20.5 Å². The fourth-order valence-corrected chi connectivity index (χ4v) is 6.16. The van der Waals surface area contributed by atoms with Crippen LogP contribution in [0.4, 0.5) is 0 Å². The van der Waals surface area contributed by atoms with Crippen LogP contribution in [0.25, 0.3) is 10.9 Å². The van der Waals surface area contributed by atoms with Crippen LogP contribution in [0.1, 0.15) is 71.0 Å². The van der Waals surface area contributed by atoms with Gasteiger partial charge >= 0.3 is 5.97 Å². The summed E-state index contributed by atoms with van der Waals surface area (Å²) in [5.41, 5.74) is 3.32. The second kappa shape index (κ2) is 15.1. The van der Waals surface area contributed by atoms with Gasteiger partial charge in [-0.15, -0.1) is 0 Å². The van der Waals surface area contributed by atoms with Gasteiger partial charge in [0.05, 0.1) is 12.5 Å². The van der Waals surface area contributed by atoms with Crippen LogP contribution in [-0.4, -0.2) is 63.9 Å². The second-order valence-electron chi connectivity index (χ2n) is 12.5. The lowest BCUT2D eigenvalue weighted by atomic mass is 9.94. The molecule has 0 saturated carbocycles. The third-order valence-electron chi connectivity index (χ3n) is 8.81. The Kier molecular flexibility index (Phi) is 11.3. The number of rotatable bonds is 4. The van der Waals surface area contributed by atoms with E-state index in [4.69, 9.17) is 4.74 Å². The number of likely N-dealkylation sites (N-methyl/N-ethyl adjacent to an activating group) is 1. The molecule has 46 heavy (non-hydrogen) atoms. The molecular weight excluding hydrogens is 584 g/mol. The van der Waals surface area contributed by atoms with Crippen molar-refractivity contribution in [2.45, 2.75) is 84.5 Å². The van der Waals surface area contributed by atoms with E-state index < -0.39 is 47.9 Å². The summed E-state index contributed by atoms with van der Waals surface area (Å²) in [5, 5.41) is 16.7. The molecule has 246 valence electrons. The molecule has 1 aromatic heterocycles. The van der Waals surface area contributed by atoms with Crippen molar-refractivity contribution in [2.24, 2.45) is 11.8 Å². The summed E-state index contributed by atoms with van der Waals surface area (Å²) in [6.45, 7) is 9.29. The second-order valence-corrected chi connectivity index (χ2v) is 12.5. The van der Waals surface area contributed by atoms with Crippen molar-refractivity contribution in [1.29, 1.82) is 0 Å². The molecule has 1 aliphatic heterocycles. The van der Waals surface area contributed by atoms with Crippen molar-refractivity contribution in [2.75, 3.05) is 7.05 Å². The number of aromatic hydroxyl groups is 1. The first-order chi connectivity index (χ1) is 21.9. The van der Waals surface area contributed by atoms with Gasteiger partial charge in [0.1, 0.15) is 23.9 Å². The van der Waals surface area contributed by atoms with Crippen molar-refractivity contribution in [3.8, 4) is 5.75 Å². The third kappa shape index (κ3) is 8.35. The molecule has 0 radical (unpaired) electrons. The molecule has 0 saturated heterocycles. The number of amides is 3. The summed E-state index contributed by atoms with van der Waals surface area (Å²) in [6.07, 6.45) is 4.53. The Labute approximate surface area is 270 Å². The zero-order chi connectivity index (χ0) is 33.5. The molecule has 4 N–H and O–H groups in total. The number of phenols is 1. The predicted octanol–water partition coefficient (Wildman–Crippen LogP) is 4.94. The molecule has 0 unspecified atom stereocenters. The highest BCUT2D eigenvalue weighted by molar-refractivity contribution is 5.93. The minimum atomic E-state index is -0.980. The predicted molar refractivity (Wildman–Crippen MR) is 177 cm³/mol. The molecule has 0 spiro atoms. The van der Waals surface area contributed by atoms with E-state index in [2.05, 4.69) is 15.6 Å². The maximum Gasteiger partial charge on any atom is 0.308 e. The Morgan fingerprint density at radius 2 is 1.63 bits per heavy atom. The number of nitrogens with one attached hydrogen (secondary N) is 3. The number of para-hydroxylation sites is 1. The first-order valence-corrected chi connectivity index (χ1v) is 16.0. The zero-order valence-electron chi connectivity index (χ0n) is 27.5.